The number of likely N-dealkylation sites (N-methyl/N-ethyl adjacent to an activating group) is 1. The van der Waals surface area contributed by atoms with E-state index in [1.54, 1.807) is 11.3 Å². The monoisotopic (exact) mass is 385 g/mol. The first-order valence-electron chi connectivity index (χ1n) is 9.87. The van der Waals surface area contributed by atoms with Crippen LogP contribution in [0.4, 0.5) is 0 Å². The first kappa shape index (κ1) is 20.1. The molecule has 146 valence electrons. The lowest BCUT2D eigenvalue weighted by atomic mass is 10.0. The highest BCUT2D eigenvalue weighted by molar-refractivity contribution is 7.10. The molecule has 0 radical (unpaired) electrons. The maximum Gasteiger partial charge on any atom is 0.251 e. The predicted molar refractivity (Wildman–Crippen MR) is 114 cm³/mol. The molecule has 1 aromatic heterocycles. The van der Waals surface area contributed by atoms with Crippen molar-refractivity contribution in [3.63, 3.8) is 0 Å². The van der Waals surface area contributed by atoms with E-state index in [0.29, 0.717) is 0 Å². The van der Waals surface area contributed by atoms with Gasteiger partial charge in [-0.2, -0.15) is 0 Å². The zero-order valence-electron chi connectivity index (χ0n) is 16.9. The molecular weight excluding hydrogens is 354 g/mol. The largest absolute Gasteiger partial charge is 0.348 e. The summed E-state index contributed by atoms with van der Waals surface area (Å²) in [7, 11) is 0. The number of thiophene rings is 1. The fourth-order valence-electron chi connectivity index (χ4n) is 3.81. The standard InChI is InChI=1S/C22H31N3OS/c1-5-24-10-12-25(13-11-24)21(20-7-6-14-27-20)18(4)23-22(26)19-9-8-16(2)17(3)15-19/h6-9,14-15,18,21H,5,10-13H2,1-4H3,(H,23,26). The van der Waals surface area contributed by atoms with Crippen LogP contribution in [0.15, 0.2) is 35.7 Å². The molecule has 0 aliphatic carbocycles. The lowest BCUT2D eigenvalue weighted by Crippen LogP contribution is -2.52. The van der Waals surface area contributed by atoms with Crippen LogP contribution in [0.25, 0.3) is 0 Å². The molecule has 1 amide bonds. The Morgan fingerprint density at radius 1 is 1.15 bits per heavy atom. The molecule has 1 aromatic carbocycles. The van der Waals surface area contributed by atoms with Crippen LogP contribution >= 0.6 is 11.3 Å². The van der Waals surface area contributed by atoms with E-state index in [9.17, 15) is 4.79 Å². The smallest absolute Gasteiger partial charge is 0.251 e. The molecule has 27 heavy (non-hydrogen) atoms. The van der Waals surface area contributed by atoms with Crippen LogP contribution in [-0.4, -0.2) is 54.5 Å². The van der Waals surface area contributed by atoms with Crippen LogP contribution in [0.3, 0.4) is 0 Å². The number of carbonyl (C=O) groups excluding carboxylic acids is 1. The molecular formula is C22H31N3OS. The van der Waals surface area contributed by atoms with Crippen molar-refractivity contribution >= 4 is 17.2 Å². The van der Waals surface area contributed by atoms with Gasteiger partial charge in [0.15, 0.2) is 0 Å². The number of nitrogens with zero attached hydrogens (tertiary/aromatic N) is 2. The Labute approximate surface area is 167 Å². The van der Waals surface area contributed by atoms with Gasteiger partial charge in [-0.1, -0.05) is 19.1 Å². The summed E-state index contributed by atoms with van der Waals surface area (Å²) >= 11 is 1.78. The lowest BCUT2D eigenvalue weighted by Gasteiger charge is -2.41. The van der Waals surface area contributed by atoms with Crippen molar-refractivity contribution < 1.29 is 4.79 Å². The fourth-order valence-corrected chi connectivity index (χ4v) is 4.78. The molecule has 0 spiro atoms. The second kappa shape index (κ2) is 9.00. The molecule has 4 nitrogen and oxygen atoms in total. The highest BCUT2D eigenvalue weighted by Crippen LogP contribution is 2.29. The number of piperazine rings is 1. The van der Waals surface area contributed by atoms with Crippen molar-refractivity contribution in [2.45, 2.75) is 39.8 Å². The lowest BCUT2D eigenvalue weighted by molar-refractivity contribution is 0.0753. The summed E-state index contributed by atoms with van der Waals surface area (Å²) in [6, 6.07) is 10.5. The molecule has 1 saturated heterocycles. The number of nitrogens with one attached hydrogen (secondary N) is 1. The summed E-state index contributed by atoms with van der Waals surface area (Å²) in [5.74, 6) is 0.0133. The van der Waals surface area contributed by atoms with Gasteiger partial charge in [-0.25, -0.2) is 0 Å². The van der Waals surface area contributed by atoms with Gasteiger partial charge >= 0.3 is 0 Å². The van der Waals surface area contributed by atoms with Crippen LogP contribution in [-0.2, 0) is 0 Å². The molecule has 1 aliphatic heterocycles. The normalized spacial score (nSPS) is 18.2. The Morgan fingerprint density at radius 3 is 2.48 bits per heavy atom. The van der Waals surface area contributed by atoms with Crippen LogP contribution in [0.2, 0.25) is 0 Å². The van der Waals surface area contributed by atoms with Crippen LogP contribution in [0.1, 0.15) is 46.3 Å². The molecule has 0 bridgehead atoms. The van der Waals surface area contributed by atoms with E-state index in [1.807, 2.05) is 18.2 Å². The number of hydrogen-bond donors (Lipinski definition) is 1. The molecule has 2 aromatic rings. The average molecular weight is 386 g/mol. The molecule has 2 unspecified atom stereocenters. The van der Waals surface area contributed by atoms with Crippen molar-refractivity contribution in [1.29, 1.82) is 0 Å². The van der Waals surface area contributed by atoms with Gasteiger partial charge in [0.1, 0.15) is 0 Å². The fraction of sp³-hybridized carbons (Fsp3) is 0.500. The second-order valence-corrected chi connectivity index (χ2v) is 8.47. The summed E-state index contributed by atoms with van der Waals surface area (Å²) in [5, 5.41) is 5.39. The third-order valence-corrected chi connectivity index (χ3v) is 6.63. The second-order valence-electron chi connectivity index (χ2n) is 7.49. The molecule has 0 saturated carbocycles. The minimum Gasteiger partial charge on any atom is -0.348 e. The van der Waals surface area contributed by atoms with Gasteiger partial charge in [0.25, 0.3) is 5.91 Å². The maximum atomic E-state index is 12.8. The third kappa shape index (κ3) is 4.78. The molecule has 2 atom stereocenters. The average Bonchev–Trinajstić information content (AvgIpc) is 3.18. The SMILES string of the molecule is CCN1CCN(C(c2cccs2)C(C)NC(=O)c2ccc(C)c(C)c2)CC1. The quantitative estimate of drug-likeness (QED) is 0.820. The Hall–Kier alpha value is -1.69. The van der Waals surface area contributed by atoms with Crippen molar-refractivity contribution in [2.75, 3.05) is 32.7 Å². The van der Waals surface area contributed by atoms with Crippen molar-refractivity contribution in [3.05, 3.63) is 57.3 Å². The van der Waals surface area contributed by atoms with Crippen molar-refractivity contribution in [3.8, 4) is 0 Å². The molecule has 5 heteroatoms. The minimum absolute atomic E-state index is 0.0133. The Kier molecular flexibility index (Phi) is 6.68. The highest BCUT2D eigenvalue weighted by atomic mass is 32.1. The van der Waals surface area contributed by atoms with Crippen molar-refractivity contribution in [2.24, 2.45) is 0 Å². The van der Waals surface area contributed by atoms with Crippen molar-refractivity contribution in [1.82, 2.24) is 15.1 Å². The van der Waals surface area contributed by atoms with E-state index in [1.165, 1.54) is 10.4 Å². The first-order chi connectivity index (χ1) is 13.0. The Balaban J connectivity index is 1.74. The first-order valence-corrected chi connectivity index (χ1v) is 10.8. The van der Waals surface area contributed by atoms with Gasteiger partial charge in [0.05, 0.1) is 6.04 Å². The molecule has 2 heterocycles. The highest BCUT2D eigenvalue weighted by Gasteiger charge is 2.30. The van der Waals surface area contributed by atoms with E-state index in [-0.39, 0.29) is 18.0 Å². The number of benzene rings is 1. The van der Waals surface area contributed by atoms with Gasteiger partial charge in [-0.05, 0) is 62.0 Å². The summed E-state index contributed by atoms with van der Waals surface area (Å²) in [6.07, 6.45) is 0. The van der Waals surface area contributed by atoms with E-state index < -0.39 is 0 Å². The van der Waals surface area contributed by atoms with Gasteiger partial charge in [0, 0.05) is 42.7 Å². The topological polar surface area (TPSA) is 35.6 Å². The van der Waals surface area contributed by atoms with Crippen LogP contribution in [0, 0.1) is 13.8 Å². The molecule has 3 rings (SSSR count). The van der Waals surface area contributed by atoms with E-state index in [0.717, 1.165) is 43.9 Å². The number of hydrogen-bond acceptors (Lipinski definition) is 4. The number of amides is 1. The van der Waals surface area contributed by atoms with E-state index in [4.69, 9.17) is 0 Å². The molecule has 1 aliphatic rings. The van der Waals surface area contributed by atoms with Crippen LogP contribution < -0.4 is 5.32 Å². The predicted octanol–water partition coefficient (Wildman–Crippen LogP) is 3.86. The zero-order valence-corrected chi connectivity index (χ0v) is 17.7. The number of carbonyl (C=O) groups is 1. The summed E-state index contributed by atoms with van der Waals surface area (Å²) in [4.78, 5) is 19.2. The Bertz CT molecular complexity index is 751. The number of aryl methyl sites for hydroxylation is 2. The third-order valence-electron chi connectivity index (χ3n) is 5.68. The minimum atomic E-state index is 0.0133. The van der Waals surface area contributed by atoms with E-state index in [2.05, 4.69) is 60.3 Å². The van der Waals surface area contributed by atoms with Gasteiger partial charge in [-0.15, -0.1) is 11.3 Å². The number of rotatable bonds is 6. The van der Waals surface area contributed by atoms with E-state index >= 15 is 0 Å². The summed E-state index contributed by atoms with van der Waals surface area (Å²) in [6.45, 7) is 13.9. The van der Waals surface area contributed by atoms with Gasteiger partial charge in [-0.3, -0.25) is 9.69 Å². The molecule has 1 N–H and O–H groups in total. The maximum absolute atomic E-state index is 12.8. The summed E-state index contributed by atoms with van der Waals surface area (Å²) in [5.41, 5.74) is 3.11. The van der Waals surface area contributed by atoms with Gasteiger partial charge < -0.3 is 10.2 Å². The zero-order chi connectivity index (χ0) is 19.4. The summed E-state index contributed by atoms with van der Waals surface area (Å²) < 4.78 is 0. The van der Waals surface area contributed by atoms with Gasteiger partial charge in [0.2, 0.25) is 0 Å². The van der Waals surface area contributed by atoms with Crippen LogP contribution in [0.5, 0.6) is 0 Å². The Morgan fingerprint density at radius 2 is 1.89 bits per heavy atom. The molecule has 1 fully saturated rings.